The first-order valence-electron chi connectivity index (χ1n) is 9.47. The molecule has 1 unspecified atom stereocenters. The van der Waals surface area contributed by atoms with Crippen LogP contribution in [0.5, 0.6) is 5.75 Å². The topological polar surface area (TPSA) is 94.1 Å². The quantitative estimate of drug-likeness (QED) is 0.715. The summed E-state index contributed by atoms with van der Waals surface area (Å²) in [4.78, 5) is 6.79. The molecule has 3 aromatic rings. The highest BCUT2D eigenvalue weighted by atomic mass is 16.5. The number of rotatable bonds is 5. The van der Waals surface area contributed by atoms with Crippen molar-refractivity contribution < 1.29 is 9.26 Å². The number of ether oxygens (including phenoxy) is 1. The zero-order valence-electron chi connectivity index (χ0n) is 16.6. The van der Waals surface area contributed by atoms with E-state index in [-0.39, 0.29) is 12.1 Å². The summed E-state index contributed by atoms with van der Waals surface area (Å²) in [7, 11) is 2.07. The predicted molar refractivity (Wildman–Crippen MR) is 103 cm³/mol. The number of aromatic nitrogens is 5. The van der Waals surface area contributed by atoms with E-state index in [4.69, 9.17) is 9.26 Å². The average Bonchev–Trinajstić information content (AvgIpc) is 3.29. The van der Waals surface area contributed by atoms with Crippen molar-refractivity contribution in [3.63, 3.8) is 0 Å². The number of benzene rings is 1. The third-order valence-corrected chi connectivity index (χ3v) is 4.80. The molecule has 9 heteroatoms. The Kier molecular flexibility index (Phi) is 5.10. The van der Waals surface area contributed by atoms with Gasteiger partial charge in [-0.25, -0.2) is 4.68 Å². The fourth-order valence-corrected chi connectivity index (χ4v) is 3.27. The van der Waals surface area contributed by atoms with Crippen molar-refractivity contribution >= 4 is 0 Å². The third-order valence-electron chi connectivity index (χ3n) is 4.80. The molecule has 0 spiro atoms. The average molecular weight is 383 g/mol. The highest BCUT2D eigenvalue weighted by Crippen LogP contribution is 2.25. The number of hydrogen-bond acceptors (Lipinski definition) is 8. The van der Waals surface area contributed by atoms with Crippen molar-refractivity contribution in [2.75, 3.05) is 26.7 Å². The lowest BCUT2D eigenvalue weighted by atomic mass is 10.2. The van der Waals surface area contributed by atoms with Gasteiger partial charge >= 0.3 is 0 Å². The van der Waals surface area contributed by atoms with E-state index in [0.717, 1.165) is 36.8 Å². The van der Waals surface area contributed by atoms with Crippen LogP contribution in [0.3, 0.4) is 0 Å². The standard InChI is InChI=1S/C19H25N7O2/c1-12(2)27-15-7-5-14(6-8-15)26-13(3)17(22-24-26)19-21-18(23-28-19)16-11-20-9-10-25(16)4/h5-8,12,16,20H,9-11H2,1-4H3. The summed E-state index contributed by atoms with van der Waals surface area (Å²) in [6.45, 7) is 8.65. The van der Waals surface area contributed by atoms with Gasteiger partial charge in [-0.1, -0.05) is 10.4 Å². The molecule has 0 saturated carbocycles. The van der Waals surface area contributed by atoms with Crippen LogP contribution >= 0.6 is 0 Å². The molecule has 1 fully saturated rings. The Morgan fingerprint density at radius 2 is 2.04 bits per heavy atom. The molecule has 1 aliphatic rings. The lowest BCUT2D eigenvalue weighted by Crippen LogP contribution is -2.44. The van der Waals surface area contributed by atoms with Gasteiger partial charge in [0.05, 0.1) is 23.5 Å². The molecule has 1 N–H and O–H groups in total. The lowest BCUT2D eigenvalue weighted by molar-refractivity contribution is 0.190. The second kappa shape index (κ2) is 7.69. The number of nitrogens with one attached hydrogen (secondary N) is 1. The maximum absolute atomic E-state index is 5.69. The van der Waals surface area contributed by atoms with Gasteiger partial charge in [0, 0.05) is 19.6 Å². The Balaban J connectivity index is 1.57. The number of likely N-dealkylation sites (N-methyl/N-ethyl adjacent to an activating group) is 1. The van der Waals surface area contributed by atoms with Crippen LogP contribution < -0.4 is 10.1 Å². The Morgan fingerprint density at radius 3 is 2.75 bits per heavy atom. The maximum atomic E-state index is 5.69. The van der Waals surface area contributed by atoms with E-state index < -0.39 is 0 Å². The van der Waals surface area contributed by atoms with Crippen molar-refractivity contribution in [2.24, 2.45) is 0 Å². The van der Waals surface area contributed by atoms with Crippen molar-refractivity contribution in [3.8, 4) is 23.0 Å². The SMILES string of the molecule is Cc1c(-c2nc(C3CNCCN3C)no2)nnn1-c1ccc(OC(C)C)cc1. The summed E-state index contributed by atoms with van der Waals surface area (Å²) in [6.07, 6.45) is 0.135. The smallest absolute Gasteiger partial charge is 0.280 e. The number of nitrogens with zero attached hydrogens (tertiary/aromatic N) is 6. The molecular weight excluding hydrogens is 358 g/mol. The molecule has 9 nitrogen and oxygen atoms in total. The van der Waals surface area contributed by atoms with Crippen LogP contribution in [0.2, 0.25) is 0 Å². The first-order valence-corrected chi connectivity index (χ1v) is 9.47. The molecule has 1 atom stereocenters. The maximum Gasteiger partial charge on any atom is 0.280 e. The van der Waals surface area contributed by atoms with Crippen molar-refractivity contribution in [1.29, 1.82) is 0 Å². The normalized spacial score (nSPS) is 18.0. The zero-order chi connectivity index (χ0) is 19.7. The fraction of sp³-hybridized carbons (Fsp3) is 0.474. The molecule has 2 aromatic heterocycles. The molecule has 0 aliphatic carbocycles. The van der Waals surface area contributed by atoms with Crippen LogP contribution in [0, 0.1) is 6.92 Å². The van der Waals surface area contributed by atoms with E-state index in [0.29, 0.717) is 17.4 Å². The monoisotopic (exact) mass is 383 g/mol. The molecule has 0 radical (unpaired) electrons. The first-order chi connectivity index (χ1) is 13.5. The Labute approximate surface area is 163 Å². The largest absolute Gasteiger partial charge is 0.491 e. The minimum Gasteiger partial charge on any atom is -0.491 e. The summed E-state index contributed by atoms with van der Waals surface area (Å²) in [5.41, 5.74) is 2.32. The molecule has 3 heterocycles. The van der Waals surface area contributed by atoms with E-state index in [1.165, 1.54) is 0 Å². The third kappa shape index (κ3) is 3.63. The highest BCUT2D eigenvalue weighted by molar-refractivity contribution is 5.51. The van der Waals surface area contributed by atoms with Gasteiger partial charge in [0.2, 0.25) is 0 Å². The Bertz CT molecular complexity index is 932. The minimum atomic E-state index is 0.0927. The summed E-state index contributed by atoms with van der Waals surface area (Å²) in [6, 6.07) is 7.84. The molecule has 1 aromatic carbocycles. The summed E-state index contributed by atoms with van der Waals surface area (Å²) < 4.78 is 12.9. The highest BCUT2D eigenvalue weighted by Gasteiger charge is 2.27. The van der Waals surface area contributed by atoms with Gasteiger partial charge in [0.1, 0.15) is 5.75 Å². The van der Waals surface area contributed by atoms with Gasteiger partial charge in [0.15, 0.2) is 11.5 Å². The Morgan fingerprint density at radius 1 is 1.25 bits per heavy atom. The number of hydrogen-bond donors (Lipinski definition) is 1. The summed E-state index contributed by atoms with van der Waals surface area (Å²) in [5.74, 6) is 1.87. The molecule has 1 saturated heterocycles. The van der Waals surface area contributed by atoms with E-state index in [1.807, 2.05) is 45.0 Å². The molecule has 1 aliphatic heterocycles. The lowest BCUT2D eigenvalue weighted by Gasteiger charge is -2.30. The van der Waals surface area contributed by atoms with Crippen molar-refractivity contribution in [1.82, 2.24) is 35.4 Å². The van der Waals surface area contributed by atoms with Gasteiger partial charge in [-0.15, -0.1) is 5.10 Å². The van der Waals surface area contributed by atoms with Gasteiger partial charge in [-0.2, -0.15) is 4.98 Å². The van der Waals surface area contributed by atoms with Gasteiger partial charge in [-0.05, 0) is 52.1 Å². The van der Waals surface area contributed by atoms with Crippen molar-refractivity contribution in [2.45, 2.75) is 32.9 Å². The van der Waals surface area contributed by atoms with E-state index >= 15 is 0 Å². The van der Waals surface area contributed by atoms with Crippen LogP contribution in [0.25, 0.3) is 17.3 Å². The van der Waals surface area contributed by atoms with Crippen LogP contribution in [-0.4, -0.2) is 62.8 Å². The second-order valence-electron chi connectivity index (χ2n) is 7.25. The van der Waals surface area contributed by atoms with Crippen LogP contribution in [0.4, 0.5) is 0 Å². The molecular formula is C19H25N7O2. The molecule has 0 amide bonds. The second-order valence-corrected chi connectivity index (χ2v) is 7.25. The predicted octanol–water partition coefficient (Wildman–Crippen LogP) is 1.99. The first kappa shape index (κ1) is 18.6. The van der Waals surface area contributed by atoms with Crippen LogP contribution in [-0.2, 0) is 0 Å². The molecule has 148 valence electrons. The van der Waals surface area contributed by atoms with E-state index in [1.54, 1.807) is 4.68 Å². The minimum absolute atomic E-state index is 0.0927. The zero-order valence-corrected chi connectivity index (χ0v) is 16.6. The summed E-state index contributed by atoms with van der Waals surface area (Å²) in [5, 5.41) is 16.1. The van der Waals surface area contributed by atoms with Gasteiger partial charge in [-0.3, -0.25) is 4.90 Å². The molecule has 0 bridgehead atoms. The van der Waals surface area contributed by atoms with E-state index in [9.17, 15) is 0 Å². The number of piperazine rings is 1. The summed E-state index contributed by atoms with van der Waals surface area (Å²) >= 11 is 0. The van der Waals surface area contributed by atoms with Crippen LogP contribution in [0.15, 0.2) is 28.8 Å². The van der Waals surface area contributed by atoms with E-state index in [2.05, 4.69) is 37.7 Å². The Hall–Kier alpha value is -2.78. The van der Waals surface area contributed by atoms with Gasteiger partial charge in [0.25, 0.3) is 5.89 Å². The molecule has 28 heavy (non-hydrogen) atoms. The fourth-order valence-electron chi connectivity index (χ4n) is 3.27. The van der Waals surface area contributed by atoms with Gasteiger partial charge < -0.3 is 14.6 Å². The van der Waals surface area contributed by atoms with Crippen LogP contribution in [0.1, 0.15) is 31.4 Å². The van der Waals surface area contributed by atoms with Crippen molar-refractivity contribution in [3.05, 3.63) is 35.8 Å². The molecule has 4 rings (SSSR count).